The summed E-state index contributed by atoms with van der Waals surface area (Å²) in [6, 6.07) is 8.83. The molecule has 0 saturated heterocycles. The van der Waals surface area contributed by atoms with E-state index < -0.39 is 5.97 Å². The summed E-state index contributed by atoms with van der Waals surface area (Å²) in [5, 5.41) is 8.76. The molecule has 0 aromatic heterocycles. The van der Waals surface area contributed by atoms with Crippen molar-refractivity contribution in [2.45, 2.75) is 0 Å². The second-order valence-electron chi connectivity index (χ2n) is 2.94. The maximum Gasteiger partial charge on any atom is 0.348 e. The number of esters is 1. The molecule has 0 aliphatic rings. The van der Waals surface area contributed by atoms with Gasteiger partial charge >= 0.3 is 5.97 Å². The molecule has 16 heavy (non-hydrogen) atoms. The van der Waals surface area contributed by atoms with Gasteiger partial charge in [0.25, 0.3) is 0 Å². The molecule has 82 valence electrons. The Balaban J connectivity index is 3.05. The van der Waals surface area contributed by atoms with Gasteiger partial charge in [0.1, 0.15) is 17.4 Å². The Bertz CT molecular complexity index is 458. The van der Waals surface area contributed by atoms with Crippen LogP contribution >= 0.6 is 0 Å². The highest BCUT2D eigenvalue weighted by molar-refractivity contribution is 5.97. The van der Waals surface area contributed by atoms with Crippen LogP contribution in [0.4, 0.5) is 0 Å². The van der Waals surface area contributed by atoms with Crippen molar-refractivity contribution in [3.05, 3.63) is 35.4 Å². The minimum Gasteiger partial charge on any atom is -0.497 e. The summed E-state index contributed by atoms with van der Waals surface area (Å²) in [5.41, 5.74) is 0.664. The Hall–Kier alpha value is -2.28. The zero-order chi connectivity index (χ0) is 12.0. The molecule has 1 aromatic carbocycles. The summed E-state index contributed by atoms with van der Waals surface area (Å²) in [7, 11) is 2.79. The van der Waals surface area contributed by atoms with E-state index in [1.165, 1.54) is 13.2 Å². The molecule has 0 atom stereocenters. The van der Waals surface area contributed by atoms with Crippen molar-refractivity contribution in [3.63, 3.8) is 0 Å². The predicted molar refractivity (Wildman–Crippen MR) is 58.6 cm³/mol. The lowest BCUT2D eigenvalue weighted by Gasteiger charge is -2.01. The molecular weight excluding hydrogens is 206 g/mol. The third-order valence-corrected chi connectivity index (χ3v) is 1.93. The van der Waals surface area contributed by atoms with Gasteiger partial charge in [0.2, 0.25) is 0 Å². The molecule has 1 aromatic rings. The second kappa shape index (κ2) is 5.56. The molecule has 1 rings (SSSR count). The van der Waals surface area contributed by atoms with E-state index in [0.717, 1.165) is 0 Å². The zero-order valence-corrected chi connectivity index (χ0v) is 9.06. The van der Waals surface area contributed by atoms with Crippen LogP contribution in [-0.2, 0) is 9.53 Å². The molecule has 4 heteroatoms. The van der Waals surface area contributed by atoms with Crippen LogP contribution in [0.5, 0.6) is 5.75 Å². The molecule has 0 bridgehead atoms. The smallest absolute Gasteiger partial charge is 0.348 e. The fourth-order valence-corrected chi connectivity index (χ4v) is 1.14. The Morgan fingerprint density at radius 3 is 2.75 bits per heavy atom. The van der Waals surface area contributed by atoms with E-state index in [1.807, 2.05) is 0 Å². The van der Waals surface area contributed by atoms with Crippen LogP contribution in [0.1, 0.15) is 5.56 Å². The predicted octanol–water partition coefficient (Wildman–Crippen LogP) is 1.78. The molecule has 0 heterocycles. The van der Waals surface area contributed by atoms with Crippen molar-refractivity contribution in [2.75, 3.05) is 14.2 Å². The van der Waals surface area contributed by atoms with E-state index in [0.29, 0.717) is 11.3 Å². The lowest BCUT2D eigenvalue weighted by molar-refractivity contribution is -0.135. The molecule has 0 unspecified atom stereocenters. The maximum atomic E-state index is 11.2. The number of carbonyl (C=O) groups is 1. The van der Waals surface area contributed by atoms with Gasteiger partial charge in [-0.25, -0.2) is 4.79 Å². The first kappa shape index (κ1) is 11.8. The van der Waals surface area contributed by atoms with Crippen molar-refractivity contribution >= 4 is 12.0 Å². The zero-order valence-electron chi connectivity index (χ0n) is 9.06. The Labute approximate surface area is 93.7 Å². The van der Waals surface area contributed by atoms with E-state index in [9.17, 15) is 4.79 Å². The largest absolute Gasteiger partial charge is 0.497 e. The topological polar surface area (TPSA) is 59.3 Å². The van der Waals surface area contributed by atoms with Crippen LogP contribution in [0.2, 0.25) is 0 Å². The number of hydrogen-bond acceptors (Lipinski definition) is 4. The van der Waals surface area contributed by atoms with Gasteiger partial charge in [-0.1, -0.05) is 12.1 Å². The van der Waals surface area contributed by atoms with Crippen LogP contribution in [-0.4, -0.2) is 20.2 Å². The normalized spacial score (nSPS) is 10.4. The molecular formula is C12H11NO3. The highest BCUT2D eigenvalue weighted by atomic mass is 16.5. The molecule has 0 aliphatic heterocycles. The van der Waals surface area contributed by atoms with Gasteiger partial charge in [0.15, 0.2) is 0 Å². The van der Waals surface area contributed by atoms with Crippen molar-refractivity contribution in [1.29, 1.82) is 5.26 Å². The summed E-state index contributed by atoms with van der Waals surface area (Å²) in [6.45, 7) is 0. The highest BCUT2D eigenvalue weighted by Gasteiger charge is 2.08. The molecule has 0 saturated carbocycles. The van der Waals surface area contributed by atoms with E-state index in [-0.39, 0.29) is 5.57 Å². The molecule has 0 amide bonds. The third kappa shape index (κ3) is 2.85. The number of methoxy groups -OCH3 is 2. The summed E-state index contributed by atoms with van der Waals surface area (Å²) < 4.78 is 9.50. The summed E-state index contributed by atoms with van der Waals surface area (Å²) in [5.74, 6) is 0.0150. The van der Waals surface area contributed by atoms with Crippen molar-refractivity contribution < 1.29 is 14.3 Å². The molecule has 0 aliphatic carbocycles. The van der Waals surface area contributed by atoms with Crippen LogP contribution in [0, 0.1) is 11.3 Å². The minimum atomic E-state index is -0.648. The van der Waals surface area contributed by atoms with Gasteiger partial charge in [-0.15, -0.1) is 0 Å². The standard InChI is InChI=1S/C12H11NO3/c1-15-11-5-3-4-9(7-11)6-10(8-13)12(14)16-2/h3-7H,1-2H3/b10-6+. The average Bonchev–Trinajstić information content (AvgIpc) is 2.35. The van der Waals surface area contributed by atoms with E-state index >= 15 is 0 Å². The maximum absolute atomic E-state index is 11.2. The molecule has 0 radical (unpaired) electrons. The third-order valence-electron chi connectivity index (χ3n) is 1.93. The molecule has 0 spiro atoms. The molecule has 0 N–H and O–H groups in total. The van der Waals surface area contributed by atoms with E-state index in [1.54, 1.807) is 37.4 Å². The van der Waals surface area contributed by atoms with E-state index in [2.05, 4.69) is 4.74 Å². The van der Waals surface area contributed by atoms with Crippen LogP contribution in [0.3, 0.4) is 0 Å². The SMILES string of the molecule is COC(=O)/C(C#N)=C/c1cccc(OC)c1. The van der Waals surface area contributed by atoms with Gasteiger partial charge in [-0.2, -0.15) is 5.26 Å². The summed E-state index contributed by atoms with van der Waals surface area (Å²) in [4.78, 5) is 11.2. The minimum absolute atomic E-state index is 0.0456. The van der Waals surface area contributed by atoms with Crippen molar-refractivity contribution in [3.8, 4) is 11.8 Å². The van der Waals surface area contributed by atoms with Crippen LogP contribution in [0.25, 0.3) is 6.08 Å². The van der Waals surface area contributed by atoms with Crippen molar-refractivity contribution in [1.82, 2.24) is 0 Å². The number of ether oxygens (including phenoxy) is 2. The number of nitrogens with zero attached hydrogens (tertiary/aromatic N) is 1. The average molecular weight is 217 g/mol. The van der Waals surface area contributed by atoms with Crippen LogP contribution < -0.4 is 4.74 Å². The van der Waals surface area contributed by atoms with E-state index in [4.69, 9.17) is 10.00 Å². The molecule has 0 fully saturated rings. The Kier molecular flexibility index (Phi) is 4.10. The van der Waals surface area contributed by atoms with Crippen LogP contribution in [0.15, 0.2) is 29.8 Å². The fraction of sp³-hybridized carbons (Fsp3) is 0.167. The second-order valence-corrected chi connectivity index (χ2v) is 2.94. The van der Waals surface area contributed by atoms with Gasteiger partial charge < -0.3 is 9.47 Å². The van der Waals surface area contributed by atoms with Gasteiger partial charge in [0, 0.05) is 0 Å². The van der Waals surface area contributed by atoms with Crippen molar-refractivity contribution in [2.24, 2.45) is 0 Å². The number of nitriles is 1. The monoisotopic (exact) mass is 217 g/mol. The van der Waals surface area contributed by atoms with Gasteiger partial charge in [-0.3, -0.25) is 0 Å². The number of benzene rings is 1. The summed E-state index contributed by atoms with van der Waals surface area (Å²) >= 11 is 0. The lowest BCUT2D eigenvalue weighted by Crippen LogP contribution is -2.02. The fourth-order valence-electron chi connectivity index (χ4n) is 1.14. The first-order valence-electron chi connectivity index (χ1n) is 4.55. The number of carbonyl (C=O) groups excluding carboxylic acids is 1. The highest BCUT2D eigenvalue weighted by Crippen LogP contribution is 2.15. The Morgan fingerprint density at radius 2 is 2.19 bits per heavy atom. The number of rotatable bonds is 3. The molecule has 4 nitrogen and oxygen atoms in total. The quantitative estimate of drug-likeness (QED) is 0.440. The van der Waals surface area contributed by atoms with Gasteiger partial charge in [0.05, 0.1) is 14.2 Å². The number of hydrogen-bond donors (Lipinski definition) is 0. The lowest BCUT2D eigenvalue weighted by atomic mass is 10.1. The first-order chi connectivity index (χ1) is 7.71. The van der Waals surface area contributed by atoms with Gasteiger partial charge in [-0.05, 0) is 23.8 Å². The Morgan fingerprint density at radius 1 is 1.44 bits per heavy atom. The first-order valence-corrected chi connectivity index (χ1v) is 4.55. The summed E-state index contributed by atoms with van der Waals surface area (Å²) in [6.07, 6.45) is 1.45.